The predicted molar refractivity (Wildman–Crippen MR) is 108 cm³/mol. The maximum absolute atomic E-state index is 13.3. The molecule has 0 spiro atoms. The van der Waals surface area contributed by atoms with E-state index in [1.165, 1.54) is 23.5 Å². The maximum Gasteiger partial charge on any atom is 0.252 e. The van der Waals surface area contributed by atoms with Crippen LogP contribution in [0.3, 0.4) is 0 Å². The molecule has 1 aromatic heterocycles. The van der Waals surface area contributed by atoms with Gasteiger partial charge in [0.15, 0.2) is 0 Å². The Hall–Kier alpha value is -3.32. The molecule has 1 aliphatic heterocycles. The van der Waals surface area contributed by atoms with E-state index in [0.29, 0.717) is 11.3 Å². The Balaban J connectivity index is 1.55. The van der Waals surface area contributed by atoms with Crippen molar-refractivity contribution in [2.24, 2.45) is 0 Å². The second-order valence-electron chi connectivity index (χ2n) is 6.64. The number of carbonyl (C=O) groups is 3. The van der Waals surface area contributed by atoms with Gasteiger partial charge in [0.2, 0.25) is 11.8 Å². The van der Waals surface area contributed by atoms with Crippen molar-refractivity contribution in [2.45, 2.75) is 18.9 Å². The van der Waals surface area contributed by atoms with Crippen LogP contribution in [0.1, 0.15) is 39.7 Å². The molecule has 0 bridgehead atoms. The van der Waals surface area contributed by atoms with Crippen molar-refractivity contribution >= 4 is 34.7 Å². The standard InChI is InChI=1S/C22H17FN2O3S/c23-16-7-3-14(4-8-16)21(18-2-1-13-29-18)24-22(28)15-5-9-17(10-6-15)25-19(26)11-12-20(25)27/h1-10,13,21H,11-12H2,(H,24,28)/t21-/m0/s1. The molecule has 29 heavy (non-hydrogen) atoms. The number of hydrogen-bond acceptors (Lipinski definition) is 4. The molecule has 146 valence electrons. The SMILES string of the molecule is O=C(N[C@@H](c1ccc(F)cc1)c1cccs1)c1ccc(N2C(=O)CCC2=O)cc1. The first-order chi connectivity index (χ1) is 14.0. The average molecular weight is 408 g/mol. The van der Waals surface area contributed by atoms with Gasteiger partial charge in [0.1, 0.15) is 5.82 Å². The van der Waals surface area contributed by atoms with E-state index < -0.39 is 6.04 Å². The molecular formula is C22H17FN2O3S. The highest BCUT2D eigenvalue weighted by atomic mass is 32.1. The van der Waals surface area contributed by atoms with Gasteiger partial charge >= 0.3 is 0 Å². The zero-order valence-electron chi connectivity index (χ0n) is 15.3. The molecule has 1 saturated heterocycles. The molecule has 0 aliphatic carbocycles. The van der Waals surface area contributed by atoms with Crippen molar-refractivity contribution in [1.82, 2.24) is 5.32 Å². The van der Waals surface area contributed by atoms with Crippen LogP contribution in [0.15, 0.2) is 66.0 Å². The largest absolute Gasteiger partial charge is 0.340 e. The van der Waals surface area contributed by atoms with Crippen LogP contribution in [0, 0.1) is 5.82 Å². The smallest absolute Gasteiger partial charge is 0.252 e. The van der Waals surface area contributed by atoms with Crippen LogP contribution in [0.5, 0.6) is 0 Å². The Labute approximate surface area is 170 Å². The number of rotatable bonds is 5. The fraction of sp³-hybridized carbons (Fsp3) is 0.136. The summed E-state index contributed by atoms with van der Waals surface area (Å²) < 4.78 is 13.3. The fourth-order valence-corrected chi connectivity index (χ4v) is 4.07. The van der Waals surface area contributed by atoms with E-state index in [9.17, 15) is 18.8 Å². The monoisotopic (exact) mass is 408 g/mol. The summed E-state index contributed by atoms with van der Waals surface area (Å²) in [6, 6.07) is 15.8. The van der Waals surface area contributed by atoms with Crippen LogP contribution in [0.4, 0.5) is 10.1 Å². The van der Waals surface area contributed by atoms with Gasteiger partial charge in [-0.05, 0) is 53.4 Å². The molecule has 0 unspecified atom stereocenters. The molecule has 5 nitrogen and oxygen atoms in total. The average Bonchev–Trinajstić information content (AvgIpc) is 3.37. The third-order valence-electron chi connectivity index (χ3n) is 4.75. The minimum absolute atomic E-state index is 0.210. The van der Waals surface area contributed by atoms with Gasteiger partial charge in [-0.2, -0.15) is 0 Å². The third kappa shape index (κ3) is 3.95. The quantitative estimate of drug-likeness (QED) is 0.648. The van der Waals surface area contributed by atoms with Crippen molar-refractivity contribution in [2.75, 3.05) is 4.90 Å². The highest BCUT2D eigenvalue weighted by molar-refractivity contribution is 7.10. The van der Waals surface area contributed by atoms with E-state index in [-0.39, 0.29) is 36.4 Å². The molecule has 0 radical (unpaired) electrons. The van der Waals surface area contributed by atoms with Crippen LogP contribution < -0.4 is 10.2 Å². The summed E-state index contributed by atoms with van der Waals surface area (Å²) in [6.45, 7) is 0. The summed E-state index contributed by atoms with van der Waals surface area (Å²) in [5.41, 5.74) is 1.63. The van der Waals surface area contributed by atoms with Gasteiger partial charge in [-0.3, -0.25) is 19.3 Å². The van der Waals surface area contributed by atoms with E-state index in [2.05, 4.69) is 5.32 Å². The van der Waals surface area contributed by atoms with Crippen molar-refractivity contribution in [3.8, 4) is 0 Å². The van der Waals surface area contributed by atoms with E-state index in [1.807, 2.05) is 17.5 Å². The highest BCUT2D eigenvalue weighted by Crippen LogP contribution is 2.27. The lowest BCUT2D eigenvalue weighted by molar-refractivity contribution is -0.121. The number of benzene rings is 2. The fourth-order valence-electron chi connectivity index (χ4n) is 3.27. The molecule has 0 saturated carbocycles. The second-order valence-corrected chi connectivity index (χ2v) is 7.62. The lowest BCUT2D eigenvalue weighted by Gasteiger charge is -2.19. The third-order valence-corrected chi connectivity index (χ3v) is 5.68. The number of anilines is 1. The molecular weight excluding hydrogens is 391 g/mol. The van der Waals surface area contributed by atoms with Crippen molar-refractivity contribution < 1.29 is 18.8 Å². The van der Waals surface area contributed by atoms with Crippen molar-refractivity contribution in [1.29, 1.82) is 0 Å². The first-order valence-corrected chi connectivity index (χ1v) is 9.96. The Morgan fingerprint density at radius 2 is 1.62 bits per heavy atom. The number of thiophene rings is 1. The summed E-state index contributed by atoms with van der Waals surface area (Å²) in [5, 5.41) is 4.89. The molecule has 2 aromatic carbocycles. The lowest BCUT2D eigenvalue weighted by atomic mass is 10.0. The first kappa shape index (κ1) is 19.0. The number of amides is 3. The zero-order valence-corrected chi connectivity index (χ0v) is 16.1. The summed E-state index contributed by atoms with van der Waals surface area (Å²) >= 11 is 1.50. The number of nitrogens with one attached hydrogen (secondary N) is 1. The summed E-state index contributed by atoms with van der Waals surface area (Å²) in [4.78, 5) is 38.6. The van der Waals surface area contributed by atoms with E-state index >= 15 is 0 Å². The maximum atomic E-state index is 13.3. The van der Waals surface area contributed by atoms with E-state index in [4.69, 9.17) is 0 Å². The molecule has 1 fully saturated rings. The van der Waals surface area contributed by atoms with E-state index in [1.54, 1.807) is 36.4 Å². The predicted octanol–water partition coefficient (Wildman–Crippen LogP) is 4.06. The van der Waals surface area contributed by atoms with Gasteiger partial charge in [0.25, 0.3) is 5.91 Å². The lowest BCUT2D eigenvalue weighted by Crippen LogP contribution is -2.30. The minimum Gasteiger partial charge on any atom is -0.340 e. The highest BCUT2D eigenvalue weighted by Gasteiger charge is 2.30. The minimum atomic E-state index is -0.412. The second kappa shape index (κ2) is 7.97. The number of nitrogens with zero attached hydrogens (tertiary/aromatic N) is 1. The van der Waals surface area contributed by atoms with Crippen LogP contribution >= 0.6 is 11.3 Å². The van der Waals surface area contributed by atoms with Gasteiger partial charge in [0.05, 0.1) is 11.7 Å². The Bertz CT molecular complexity index is 1030. The molecule has 1 atom stereocenters. The van der Waals surface area contributed by atoms with Crippen LogP contribution in [-0.2, 0) is 9.59 Å². The van der Waals surface area contributed by atoms with E-state index in [0.717, 1.165) is 15.3 Å². The van der Waals surface area contributed by atoms with Crippen LogP contribution in [0.25, 0.3) is 0 Å². The zero-order chi connectivity index (χ0) is 20.4. The normalized spacial score (nSPS) is 14.9. The number of carbonyl (C=O) groups excluding carboxylic acids is 3. The summed E-state index contributed by atoms with van der Waals surface area (Å²) in [5.74, 6) is -1.12. The van der Waals surface area contributed by atoms with Gasteiger partial charge in [-0.15, -0.1) is 11.3 Å². The van der Waals surface area contributed by atoms with Gasteiger partial charge in [-0.1, -0.05) is 18.2 Å². The van der Waals surface area contributed by atoms with Gasteiger partial charge < -0.3 is 5.32 Å². The number of imide groups is 1. The van der Waals surface area contributed by atoms with Crippen molar-refractivity contribution in [3.63, 3.8) is 0 Å². The molecule has 3 aromatic rings. The topological polar surface area (TPSA) is 66.5 Å². The van der Waals surface area contributed by atoms with Crippen molar-refractivity contribution in [3.05, 3.63) is 87.9 Å². The summed E-state index contributed by atoms with van der Waals surface area (Å²) in [6.07, 6.45) is 0.419. The Morgan fingerprint density at radius 1 is 0.966 bits per heavy atom. The first-order valence-electron chi connectivity index (χ1n) is 9.08. The molecule has 2 heterocycles. The van der Waals surface area contributed by atoms with Crippen LogP contribution in [0.2, 0.25) is 0 Å². The molecule has 4 rings (SSSR count). The molecule has 3 amide bonds. The Morgan fingerprint density at radius 3 is 2.21 bits per heavy atom. The van der Waals surface area contributed by atoms with Gasteiger partial charge in [-0.25, -0.2) is 4.39 Å². The number of hydrogen-bond donors (Lipinski definition) is 1. The number of halogens is 1. The molecule has 7 heteroatoms. The Kier molecular flexibility index (Phi) is 5.22. The molecule has 1 aliphatic rings. The summed E-state index contributed by atoms with van der Waals surface area (Å²) in [7, 11) is 0. The van der Waals surface area contributed by atoms with Gasteiger partial charge in [0, 0.05) is 23.3 Å². The molecule has 1 N–H and O–H groups in total. The van der Waals surface area contributed by atoms with Crippen LogP contribution in [-0.4, -0.2) is 17.7 Å².